The fourth-order valence-corrected chi connectivity index (χ4v) is 3.26. The SMILES string of the molecule is CNC(=O)c1ccnc(N2CC[C@@]3(CCCNC3=O)C2)c1. The molecule has 2 saturated heterocycles. The first-order chi connectivity index (χ1) is 10.1. The third kappa shape index (κ3) is 2.46. The van der Waals surface area contributed by atoms with Crippen LogP contribution in [0.1, 0.15) is 29.6 Å². The fourth-order valence-electron chi connectivity index (χ4n) is 3.26. The van der Waals surface area contributed by atoms with E-state index in [2.05, 4.69) is 20.5 Å². The van der Waals surface area contributed by atoms with E-state index in [1.165, 1.54) is 0 Å². The Hall–Kier alpha value is -2.11. The van der Waals surface area contributed by atoms with Crippen molar-refractivity contribution < 1.29 is 9.59 Å². The molecule has 0 unspecified atom stereocenters. The maximum atomic E-state index is 12.2. The number of carbonyl (C=O) groups excluding carboxylic acids is 2. The monoisotopic (exact) mass is 288 g/mol. The first-order valence-electron chi connectivity index (χ1n) is 7.36. The molecule has 2 aliphatic rings. The van der Waals surface area contributed by atoms with Crippen molar-refractivity contribution in [2.24, 2.45) is 5.41 Å². The molecule has 2 amide bonds. The molecule has 6 nitrogen and oxygen atoms in total. The summed E-state index contributed by atoms with van der Waals surface area (Å²) in [5.74, 6) is 0.813. The number of anilines is 1. The van der Waals surface area contributed by atoms with Gasteiger partial charge in [-0.05, 0) is 31.4 Å². The van der Waals surface area contributed by atoms with Crippen LogP contribution in [0.5, 0.6) is 0 Å². The molecule has 0 bridgehead atoms. The van der Waals surface area contributed by atoms with E-state index < -0.39 is 0 Å². The Labute approximate surface area is 123 Å². The predicted octanol–water partition coefficient (Wildman–Crippen LogP) is 0.548. The number of aromatic nitrogens is 1. The molecule has 2 aliphatic heterocycles. The van der Waals surface area contributed by atoms with E-state index in [4.69, 9.17) is 0 Å². The van der Waals surface area contributed by atoms with Crippen molar-refractivity contribution in [1.29, 1.82) is 0 Å². The van der Waals surface area contributed by atoms with E-state index in [1.807, 2.05) is 0 Å². The standard InChI is InChI=1S/C15H20N4O2/c1-16-13(20)11-3-7-17-12(9-11)19-8-5-15(10-19)4-2-6-18-14(15)21/h3,7,9H,2,4-6,8,10H2,1H3,(H,16,20)(H,18,21)/t15-/m0/s1. The molecule has 0 aliphatic carbocycles. The van der Waals surface area contributed by atoms with Gasteiger partial charge in [0.1, 0.15) is 5.82 Å². The number of nitrogens with one attached hydrogen (secondary N) is 2. The zero-order chi connectivity index (χ0) is 14.9. The zero-order valence-corrected chi connectivity index (χ0v) is 12.2. The first-order valence-corrected chi connectivity index (χ1v) is 7.36. The smallest absolute Gasteiger partial charge is 0.251 e. The highest BCUT2D eigenvalue weighted by molar-refractivity contribution is 5.94. The largest absolute Gasteiger partial charge is 0.356 e. The van der Waals surface area contributed by atoms with E-state index in [-0.39, 0.29) is 17.2 Å². The Kier molecular flexibility index (Phi) is 3.53. The number of hydrogen-bond donors (Lipinski definition) is 2. The minimum atomic E-state index is -0.275. The Morgan fingerprint density at radius 1 is 1.48 bits per heavy atom. The van der Waals surface area contributed by atoms with Gasteiger partial charge in [0.05, 0.1) is 5.41 Å². The topological polar surface area (TPSA) is 74.3 Å². The summed E-state index contributed by atoms with van der Waals surface area (Å²) in [7, 11) is 1.61. The first kappa shape index (κ1) is 13.9. The third-order valence-corrected chi connectivity index (χ3v) is 4.51. The quantitative estimate of drug-likeness (QED) is 0.833. The molecule has 21 heavy (non-hydrogen) atoms. The molecule has 3 rings (SSSR count). The van der Waals surface area contributed by atoms with E-state index >= 15 is 0 Å². The maximum Gasteiger partial charge on any atom is 0.251 e. The second kappa shape index (κ2) is 5.35. The summed E-state index contributed by atoms with van der Waals surface area (Å²) >= 11 is 0. The highest BCUT2D eigenvalue weighted by Gasteiger charge is 2.45. The average molecular weight is 288 g/mol. The molecular formula is C15H20N4O2. The molecule has 1 aromatic rings. The minimum Gasteiger partial charge on any atom is -0.356 e. The molecule has 1 aromatic heterocycles. The van der Waals surface area contributed by atoms with Crippen LogP contribution in [0.3, 0.4) is 0 Å². The molecule has 1 spiro atoms. The van der Waals surface area contributed by atoms with Gasteiger partial charge >= 0.3 is 0 Å². The molecule has 0 aromatic carbocycles. The molecular weight excluding hydrogens is 268 g/mol. The number of nitrogens with zero attached hydrogens (tertiary/aromatic N) is 2. The van der Waals surface area contributed by atoms with Crippen LogP contribution in [0, 0.1) is 5.41 Å². The lowest BCUT2D eigenvalue weighted by atomic mass is 9.79. The number of carbonyl (C=O) groups is 2. The van der Waals surface area contributed by atoms with Crippen LogP contribution < -0.4 is 15.5 Å². The summed E-state index contributed by atoms with van der Waals surface area (Å²) in [5, 5.41) is 5.59. The highest BCUT2D eigenvalue weighted by Crippen LogP contribution is 2.38. The van der Waals surface area contributed by atoms with Crippen molar-refractivity contribution in [1.82, 2.24) is 15.6 Å². The second-order valence-corrected chi connectivity index (χ2v) is 5.79. The fraction of sp³-hybridized carbons (Fsp3) is 0.533. The Morgan fingerprint density at radius 3 is 3.10 bits per heavy atom. The van der Waals surface area contributed by atoms with Crippen molar-refractivity contribution >= 4 is 17.6 Å². The van der Waals surface area contributed by atoms with E-state index in [0.717, 1.165) is 38.2 Å². The van der Waals surface area contributed by atoms with Crippen molar-refractivity contribution in [2.75, 3.05) is 31.6 Å². The van der Waals surface area contributed by atoms with Gasteiger partial charge in [-0.15, -0.1) is 0 Å². The predicted molar refractivity (Wildman–Crippen MR) is 79.1 cm³/mol. The van der Waals surface area contributed by atoms with Gasteiger partial charge in [0, 0.05) is 38.4 Å². The van der Waals surface area contributed by atoms with Gasteiger partial charge < -0.3 is 15.5 Å². The molecule has 2 N–H and O–H groups in total. The van der Waals surface area contributed by atoms with E-state index in [0.29, 0.717) is 12.1 Å². The Bertz CT molecular complexity index is 575. The van der Waals surface area contributed by atoms with Crippen LogP contribution in [-0.4, -0.2) is 43.5 Å². The van der Waals surface area contributed by atoms with E-state index in [9.17, 15) is 9.59 Å². The van der Waals surface area contributed by atoms with Crippen LogP contribution in [0.25, 0.3) is 0 Å². The summed E-state index contributed by atoms with van der Waals surface area (Å²) < 4.78 is 0. The molecule has 6 heteroatoms. The number of amides is 2. The summed E-state index contributed by atoms with van der Waals surface area (Å²) in [6.45, 7) is 2.27. The van der Waals surface area contributed by atoms with Crippen molar-refractivity contribution in [3.05, 3.63) is 23.9 Å². The van der Waals surface area contributed by atoms with E-state index in [1.54, 1.807) is 25.4 Å². The summed E-state index contributed by atoms with van der Waals surface area (Å²) in [6, 6.07) is 3.49. The number of pyridine rings is 1. The lowest BCUT2D eigenvalue weighted by Gasteiger charge is -2.32. The van der Waals surface area contributed by atoms with Crippen LogP contribution in [0.15, 0.2) is 18.3 Å². The molecule has 0 saturated carbocycles. The second-order valence-electron chi connectivity index (χ2n) is 5.79. The minimum absolute atomic E-state index is 0.122. The normalized spacial score (nSPS) is 25.0. The van der Waals surface area contributed by atoms with Crippen molar-refractivity contribution in [2.45, 2.75) is 19.3 Å². The molecule has 0 radical (unpaired) electrons. The van der Waals surface area contributed by atoms with Crippen LogP contribution in [0.4, 0.5) is 5.82 Å². The van der Waals surface area contributed by atoms with Gasteiger partial charge in [-0.1, -0.05) is 0 Å². The lowest BCUT2D eigenvalue weighted by molar-refractivity contribution is -0.132. The summed E-state index contributed by atoms with van der Waals surface area (Å²) in [6.07, 6.45) is 4.46. The zero-order valence-electron chi connectivity index (χ0n) is 12.2. The maximum absolute atomic E-state index is 12.2. The van der Waals surface area contributed by atoms with Gasteiger partial charge in [0.25, 0.3) is 5.91 Å². The molecule has 1 atom stereocenters. The van der Waals surface area contributed by atoms with Gasteiger partial charge in [0.15, 0.2) is 0 Å². The summed E-state index contributed by atoms with van der Waals surface area (Å²) in [5.41, 5.74) is 0.319. The van der Waals surface area contributed by atoms with Crippen molar-refractivity contribution in [3.63, 3.8) is 0 Å². The van der Waals surface area contributed by atoms with Crippen LogP contribution in [-0.2, 0) is 4.79 Å². The molecule has 112 valence electrons. The van der Waals surface area contributed by atoms with Crippen molar-refractivity contribution in [3.8, 4) is 0 Å². The van der Waals surface area contributed by atoms with Crippen LogP contribution >= 0.6 is 0 Å². The highest BCUT2D eigenvalue weighted by atomic mass is 16.2. The van der Waals surface area contributed by atoms with Gasteiger partial charge in [-0.25, -0.2) is 4.98 Å². The van der Waals surface area contributed by atoms with Gasteiger partial charge in [0.2, 0.25) is 5.91 Å². The number of hydrogen-bond acceptors (Lipinski definition) is 4. The lowest BCUT2D eigenvalue weighted by Crippen LogP contribution is -2.47. The third-order valence-electron chi connectivity index (χ3n) is 4.51. The Balaban J connectivity index is 1.80. The van der Waals surface area contributed by atoms with Gasteiger partial charge in [-0.2, -0.15) is 0 Å². The number of piperidine rings is 1. The molecule has 3 heterocycles. The number of rotatable bonds is 2. The van der Waals surface area contributed by atoms with Gasteiger partial charge in [-0.3, -0.25) is 9.59 Å². The Morgan fingerprint density at radius 2 is 2.33 bits per heavy atom. The average Bonchev–Trinajstić information content (AvgIpc) is 2.95. The molecule has 2 fully saturated rings. The summed E-state index contributed by atoms with van der Waals surface area (Å²) in [4.78, 5) is 30.4. The van der Waals surface area contributed by atoms with Crippen LogP contribution in [0.2, 0.25) is 0 Å².